The van der Waals surface area contributed by atoms with Crippen LogP contribution in [0.25, 0.3) is 0 Å². The number of aliphatic hydroxyl groups excluding tert-OH is 1. The van der Waals surface area contributed by atoms with Crippen molar-refractivity contribution in [2.75, 3.05) is 39.6 Å². The Hall–Kier alpha value is -2.46. The fourth-order valence-electron chi connectivity index (χ4n) is 10.4. The molecule has 2 unspecified atom stereocenters. The molecule has 5 atom stereocenters. The highest BCUT2D eigenvalue weighted by Crippen LogP contribution is 2.45. The summed E-state index contributed by atoms with van der Waals surface area (Å²) >= 11 is 0. The summed E-state index contributed by atoms with van der Waals surface area (Å²) in [5.41, 5.74) is 0. The molecule has 0 spiro atoms. The summed E-state index contributed by atoms with van der Waals surface area (Å²) in [6.45, 7) is 9.44. The maximum atomic E-state index is 13.0. The maximum Gasteiger partial charge on any atom is 0.472 e. The van der Waals surface area contributed by atoms with Gasteiger partial charge in [0.25, 0.3) is 0 Å². The first-order valence-corrected chi connectivity index (χ1v) is 39.8. The third kappa shape index (κ3) is 66.0. The highest BCUT2D eigenvalue weighted by Gasteiger charge is 2.30. The second kappa shape index (κ2) is 63.6. The van der Waals surface area contributed by atoms with Gasteiger partial charge in [0.05, 0.1) is 26.4 Å². The number of hydrogen-bond acceptors (Lipinski definition) is 15. The number of phosphoric ester groups is 2. The molecule has 536 valence electrons. The second-order valence-corrected chi connectivity index (χ2v) is 29.2. The molecular weight excluding hydrogens is 1200 g/mol. The molecule has 19 heteroatoms. The smallest absolute Gasteiger partial charge is 0.462 e. The molecule has 0 aromatic heterocycles. The van der Waals surface area contributed by atoms with Crippen LogP contribution in [0.15, 0.2) is 24.3 Å². The van der Waals surface area contributed by atoms with Crippen LogP contribution >= 0.6 is 15.6 Å². The Bertz CT molecular complexity index is 1860. The van der Waals surface area contributed by atoms with Crippen LogP contribution in [0.2, 0.25) is 0 Å². The highest BCUT2D eigenvalue weighted by atomic mass is 31.2. The van der Waals surface area contributed by atoms with E-state index in [-0.39, 0.29) is 25.7 Å². The van der Waals surface area contributed by atoms with Gasteiger partial charge in [-0.25, -0.2) is 9.13 Å². The average molecular weight is 1340 g/mol. The molecule has 0 aromatic carbocycles. The largest absolute Gasteiger partial charge is 0.472 e. The Labute approximate surface area is 554 Å². The van der Waals surface area contributed by atoms with Crippen molar-refractivity contribution in [2.24, 2.45) is 11.8 Å². The van der Waals surface area contributed by atoms with Crippen molar-refractivity contribution in [3.8, 4) is 0 Å². The van der Waals surface area contributed by atoms with Crippen LogP contribution in [0.5, 0.6) is 0 Å². The molecule has 91 heavy (non-hydrogen) atoms. The molecule has 17 nitrogen and oxygen atoms in total. The van der Waals surface area contributed by atoms with Gasteiger partial charge in [-0.15, -0.1) is 0 Å². The molecule has 0 aliphatic heterocycles. The Morgan fingerprint density at radius 3 is 0.901 bits per heavy atom. The van der Waals surface area contributed by atoms with Gasteiger partial charge < -0.3 is 33.8 Å². The van der Waals surface area contributed by atoms with E-state index >= 15 is 0 Å². The number of hydrogen-bond donors (Lipinski definition) is 3. The van der Waals surface area contributed by atoms with Gasteiger partial charge in [0.1, 0.15) is 19.3 Å². The van der Waals surface area contributed by atoms with E-state index in [0.29, 0.717) is 31.6 Å². The highest BCUT2D eigenvalue weighted by molar-refractivity contribution is 7.47. The fraction of sp³-hybridized carbons (Fsp3) is 0.889. The molecule has 0 saturated carbocycles. The van der Waals surface area contributed by atoms with E-state index in [4.69, 9.17) is 37.0 Å². The van der Waals surface area contributed by atoms with Gasteiger partial charge in [-0.3, -0.25) is 37.3 Å². The van der Waals surface area contributed by atoms with E-state index in [0.717, 1.165) is 115 Å². The molecule has 0 radical (unpaired) electrons. The topological polar surface area (TPSA) is 237 Å². The first-order valence-electron chi connectivity index (χ1n) is 36.8. The van der Waals surface area contributed by atoms with Crippen LogP contribution < -0.4 is 0 Å². The van der Waals surface area contributed by atoms with Crippen molar-refractivity contribution in [1.82, 2.24) is 0 Å². The normalized spacial score (nSPS) is 14.3. The summed E-state index contributed by atoms with van der Waals surface area (Å²) in [5, 5.41) is 10.6. The molecule has 0 rings (SSSR count). The van der Waals surface area contributed by atoms with Crippen molar-refractivity contribution in [3.05, 3.63) is 24.3 Å². The average Bonchev–Trinajstić information content (AvgIpc) is 3.56. The zero-order valence-corrected chi connectivity index (χ0v) is 60.4. The summed E-state index contributed by atoms with van der Waals surface area (Å²) in [6.07, 6.45) is 52.1. The Morgan fingerprint density at radius 1 is 0.341 bits per heavy atom. The molecule has 0 amide bonds. The van der Waals surface area contributed by atoms with Gasteiger partial charge in [0.2, 0.25) is 0 Å². The molecule has 0 bridgehead atoms. The van der Waals surface area contributed by atoms with Gasteiger partial charge in [-0.2, -0.15) is 0 Å². The van der Waals surface area contributed by atoms with Crippen molar-refractivity contribution >= 4 is 39.5 Å². The van der Waals surface area contributed by atoms with Gasteiger partial charge in [0.15, 0.2) is 12.2 Å². The van der Waals surface area contributed by atoms with E-state index in [1.807, 2.05) is 0 Å². The molecular formula is C72H136O17P2. The number of unbranched alkanes of at least 4 members (excludes halogenated alkanes) is 36. The van der Waals surface area contributed by atoms with Crippen molar-refractivity contribution in [3.63, 3.8) is 0 Å². The van der Waals surface area contributed by atoms with Gasteiger partial charge in [0, 0.05) is 25.7 Å². The van der Waals surface area contributed by atoms with E-state index in [1.54, 1.807) is 0 Å². The predicted molar refractivity (Wildman–Crippen MR) is 367 cm³/mol. The van der Waals surface area contributed by atoms with Crippen LogP contribution in [0.3, 0.4) is 0 Å². The number of phosphoric acid groups is 2. The van der Waals surface area contributed by atoms with E-state index in [9.17, 15) is 43.2 Å². The van der Waals surface area contributed by atoms with Crippen molar-refractivity contribution in [1.29, 1.82) is 0 Å². The summed E-state index contributed by atoms with van der Waals surface area (Å²) < 4.78 is 68.3. The summed E-state index contributed by atoms with van der Waals surface area (Å²) in [5.74, 6) is -0.680. The molecule has 0 heterocycles. The van der Waals surface area contributed by atoms with E-state index in [1.165, 1.54) is 141 Å². The molecule has 0 aliphatic rings. The third-order valence-corrected chi connectivity index (χ3v) is 18.0. The number of carbonyl (C=O) groups is 4. The minimum atomic E-state index is -4.96. The zero-order valence-electron chi connectivity index (χ0n) is 58.6. The maximum absolute atomic E-state index is 13.0. The number of esters is 4. The standard InChI is InChI=1S/C72H136O17P2/c1-7-9-11-13-15-17-19-21-22-23-27-32-38-45-51-57-72(77)88-67(60-82-69(74)54-48-42-36-30-28-24-25-29-34-40-46-52-64(3)4)62-86-90(78,79)84-58-66(73)59-85-91(80,81)87-63-68(61-83-70(75)55-49-43-39-33-35-41-47-53-65(5)6)89-71(76)56-50-44-37-31-26-20-18-16-14-12-10-8-2/h17,19,21-22,64-68,73H,7-16,18,20,23-63H2,1-6H3,(H,78,79)(H,80,81)/b19-17-,22-21-/t66-,67-,68-/m1/s1. The minimum Gasteiger partial charge on any atom is -0.462 e. The Kier molecular flexibility index (Phi) is 61.9. The predicted octanol–water partition coefficient (Wildman–Crippen LogP) is 20.3. The van der Waals surface area contributed by atoms with E-state index in [2.05, 4.69) is 65.8 Å². The van der Waals surface area contributed by atoms with Gasteiger partial charge in [-0.1, -0.05) is 291 Å². The Morgan fingerprint density at radius 2 is 0.593 bits per heavy atom. The molecule has 0 saturated heterocycles. The summed E-state index contributed by atoms with van der Waals surface area (Å²) in [7, 11) is -9.92. The number of aliphatic hydroxyl groups is 1. The fourth-order valence-corrected chi connectivity index (χ4v) is 12.0. The van der Waals surface area contributed by atoms with Crippen LogP contribution in [-0.4, -0.2) is 96.7 Å². The minimum absolute atomic E-state index is 0.0848. The van der Waals surface area contributed by atoms with Gasteiger partial charge >= 0.3 is 39.5 Å². The number of ether oxygens (including phenoxy) is 4. The monoisotopic (exact) mass is 1330 g/mol. The second-order valence-electron chi connectivity index (χ2n) is 26.2. The number of carbonyl (C=O) groups excluding carboxylic acids is 4. The molecule has 0 aromatic rings. The van der Waals surface area contributed by atoms with Gasteiger partial charge in [-0.05, 0) is 63.2 Å². The van der Waals surface area contributed by atoms with Crippen LogP contribution in [0.4, 0.5) is 0 Å². The number of rotatable bonds is 69. The molecule has 0 fully saturated rings. The lowest BCUT2D eigenvalue weighted by Gasteiger charge is -2.21. The lowest BCUT2D eigenvalue weighted by Crippen LogP contribution is -2.30. The SMILES string of the molecule is CCCCCC/C=C\C=C/CCCCCCCC(=O)O[C@H](COC(=O)CCCCCCCCCCCCCC(C)C)COP(=O)(O)OC[C@@H](O)COP(=O)(O)OC[C@@H](COC(=O)CCCCCCCCCC(C)C)OC(=O)CCCCCCCCCCCCCC. The third-order valence-electron chi connectivity index (χ3n) is 16.1. The first-order chi connectivity index (χ1) is 43.9. The van der Waals surface area contributed by atoms with E-state index < -0.39 is 97.5 Å². The quantitative estimate of drug-likeness (QED) is 0.0169. The zero-order chi connectivity index (χ0) is 67.2. The van der Waals surface area contributed by atoms with Crippen LogP contribution in [0.1, 0.15) is 343 Å². The lowest BCUT2D eigenvalue weighted by atomic mass is 10.0. The van der Waals surface area contributed by atoms with Crippen LogP contribution in [0, 0.1) is 11.8 Å². The summed E-state index contributed by atoms with van der Waals surface area (Å²) in [6, 6.07) is 0. The summed E-state index contributed by atoms with van der Waals surface area (Å²) in [4.78, 5) is 72.6. The first kappa shape index (κ1) is 88.5. The lowest BCUT2D eigenvalue weighted by molar-refractivity contribution is -0.161. The van der Waals surface area contributed by atoms with Crippen molar-refractivity contribution < 1.29 is 80.2 Å². The number of allylic oxidation sites excluding steroid dienone is 4. The van der Waals surface area contributed by atoms with Crippen molar-refractivity contribution in [2.45, 2.75) is 362 Å². The van der Waals surface area contributed by atoms with Crippen LogP contribution in [-0.2, 0) is 65.4 Å². The molecule has 0 aliphatic carbocycles. The molecule has 3 N–H and O–H groups in total. The Balaban J connectivity index is 5.29.